The van der Waals surface area contributed by atoms with Gasteiger partial charge in [-0.25, -0.2) is 0 Å². The third-order valence-electron chi connectivity index (χ3n) is 7.74. The van der Waals surface area contributed by atoms with Gasteiger partial charge in [0.25, 0.3) is 0 Å². The Kier molecular flexibility index (Phi) is 8.73. The smallest absolute Gasteiger partial charge is 1.00 e. The van der Waals surface area contributed by atoms with Crippen LogP contribution in [0.1, 0.15) is 86.7 Å². The van der Waals surface area contributed by atoms with E-state index in [-0.39, 0.29) is 41.1 Å². The van der Waals surface area contributed by atoms with Crippen molar-refractivity contribution in [2.75, 3.05) is 0 Å². The van der Waals surface area contributed by atoms with Crippen LogP contribution in [0, 0.1) is 0 Å². The molecule has 0 N–H and O–H groups in total. The Morgan fingerprint density at radius 3 is 1.68 bits per heavy atom. The molecule has 0 nitrogen and oxygen atoms in total. The second kappa shape index (κ2) is 10.5. The number of rotatable bonds is 2. The minimum atomic E-state index is -1.84. The van der Waals surface area contributed by atoms with E-state index in [1.807, 2.05) is 3.28 Å². The normalized spacial score (nSPS) is 16.9. The predicted molar refractivity (Wildman–Crippen MR) is 138 cm³/mol. The third kappa shape index (κ3) is 5.18. The molecule has 1 saturated heterocycles. The number of hydrogen-bond donors (Lipinski definition) is 0. The molecule has 0 atom stereocenters. The van der Waals surface area contributed by atoms with Crippen molar-refractivity contribution in [3.05, 3.63) is 80.2 Å². The van der Waals surface area contributed by atoms with Crippen LogP contribution in [-0.4, -0.2) is 5.43 Å². The van der Waals surface area contributed by atoms with Crippen molar-refractivity contribution >= 4 is 5.43 Å². The molecule has 1 heterocycles. The van der Waals surface area contributed by atoms with Crippen molar-refractivity contribution in [1.82, 2.24) is 0 Å². The van der Waals surface area contributed by atoms with Gasteiger partial charge in [0, 0.05) is 0 Å². The van der Waals surface area contributed by atoms with Gasteiger partial charge in [0.2, 0.25) is 0 Å². The van der Waals surface area contributed by atoms with E-state index >= 15 is 0 Å². The maximum absolute atomic E-state index is 2.56. The molecule has 180 valence electrons. The van der Waals surface area contributed by atoms with E-state index in [0.29, 0.717) is 0 Å². The van der Waals surface area contributed by atoms with E-state index in [4.69, 9.17) is 0 Å². The van der Waals surface area contributed by atoms with Crippen molar-refractivity contribution in [1.29, 1.82) is 0 Å². The molecule has 0 bridgehead atoms. The number of halogens is 2. The molecule has 0 unspecified atom stereocenters. The average Bonchev–Trinajstić information content (AvgIpc) is 3.48. The van der Waals surface area contributed by atoms with Crippen molar-refractivity contribution in [3.63, 3.8) is 0 Å². The number of hydrogen-bond acceptors (Lipinski definition) is 0. The summed E-state index contributed by atoms with van der Waals surface area (Å²) in [5, 5.41) is 0. The first-order valence-electron chi connectivity index (χ1n) is 12.5. The van der Waals surface area contributed by atoms with Crippen LogP contribution in [0.15, 0.2) is 57.9 Å². The van der Waals surface area contributed by atoms with Gasteiger partial charge in [-0.1, -0.05) is 0 Å². The fourth-order valence-corrected chi connectivity index (χ4v) is 29.9. The molecule has 2 aromatic rings. The molecule has 2 aliphatic carbocycles. The monoisotopic (exact) mass is 586 g/mol. The predicted octanol–water partition coefficient (Wildman–Crippen LogP) is 2.61. The second-order valence-electron chi connectivity index (χ2n) is 12.1. The Bertz CT molecular complexity index is 1100. The molecule has 34 heavy (non-hydrogen) atoms. The van der Waals surface area contributed by atoms with E-state index in [1.165, 1.54) is 30.4 Å². The van der Waals surface area contributed by atoms with E-state index < -0.39 is 20.4 Å². The third-order valence-corrected chi connectivity index (χ3v) is 28.9. The largest absolute Gasteiger partial charge is 1.00 e. The van der Waals surface area contributed by atoms with Gasteiger partial charge >= 0.3 is 204 Å². The fraction of sp³-hybridized carbons (Fsp3) is 0.467. The number of benzene rings is 2. The van der Waals surface area contributed by atoms with Gasteiger partial charge in [0.15, 0.2) is 0 Å². The molecule has 0 radical (unpaired) electrons. The summed E-state index contributed by atoms with van der Waals surface area (Å²) in [5.74, 6) is 0. The fourth-order valence-electron chi connectivity index (χ4n) is 5.83. The summed E-state index contributed by atoms with van der Waals surface area (Å²) >= 11 is -1.84. The molecular formula is C30H38Cl2SiZr. The zero-order valence-corrected chi connectivity index (χ0v) is 26.5. The van der Waals surface area contributed by atoms with Crippen LogP contribution in [0.2, 0.25) is 12.1 Å². The summed E-state index contributed by atoms with van der Waals surface area (Å²) < 4.78 is 2.65. The zero-order valence-electron chi connectivity index (χ0n) is 21.6. The van der Waals surface area contributed by atoms with Crippen LogP contribution in [0.25, 0.3) is 11.1 Å². The molecule has 0 saturated carbocycles. The summed E-state index contributed by atoms with van der Waals surface area (Å²) in [5.41, 5.74) is 9.64. The molecule has 4 heteroatoms. The van der Waals surface area contributed by atoms with E-state index in [9.17, 15) is 0 Å². The maximum atomic E-state index is 2.56. The molecule has 1 aliphatic heterocycles. The topological polar surface area (TPSA) is 0 Å². The Labute approximate surface area is 227 Å². The Balaban J connectivity index is 0.00000162. The van der Waals surface area contributed by atoms with Gasteiger partial charge in [-0.3, -0.25) is 0 Å². The Morgan fingerprint density at radius 2 is 1.26 bits per heavy atom. The van der Waals surface area contributed by atoms with Crippen molar-refractivity contribution in [2.24, 2.45) is 0 Å². The number of fused-ring (bicyclic) bond motifs is 3. The quantitative estimate of drug-likeness (QED) is 0.474. The van der Waals surface area contributed by atoms with Gasteiger partial charge in [-0.15, -0.1) is 0 Å². The van der Waals surface area contributed by atoms with Crippen LogP contribution in [0.3, 0.4) is 0 Å². The molecular weight excluding hydrogens is 551 g/mol. The number of allylic oxidation sites excluding steroid dienone is 4. The molecule has 3 aliphatic rings. The summed E-state index contributed by atoms with van der Waals surface area (Å²) in [6.07, 6.45) is 11.6. The van der Waals surface area contributed by atoms with Crippen LogP contribution in [0.5, 0.6) is 0 Å². The van der Waals surface area contributed by atoms with E-state index in [0.717, 1.165) is 3.63 Å². The first-order valence-corrected chi connectivity index (χ1v) is 20.8. The van der Waals surface area contributed by atoms with Gasteiger partial charge in [0.1, 0.15) is 0 Å². The van der Waals surface area contributed by atoms with Crippen LogP contribution in [0.4, 0.5) is 0 Å². The maximum Gasteiger partial charge on any atom is -1.00 e. The Morgan fingerprint density at radius 1 is 0.765 bits per heavy atom. The standard InChI is InChI=1S/C21H25.C5H5.C4H8Si.2ClH.Zr/c1-20(2,3)16-9-7-14-11-15-8-10-17(21(4,5)6)13-19(15)18(14)12-16;2*1-2-4-5-3-1;;;/h7-13H,1-6H3;1-3H,4H2;1-4H2;2*1H;/q;;;;;+2/p-2. The summed E-state index contributed by atoms with van der Waals surface area (Å²) in [4.78, 5) is 0. The minimum absolute atomic E-state index is 0. The van der Waals surface area contributed by atoms with Crippen LogP contribution in [-0.2, 0) is 31.2 Å². The summed E-state index contributed by atoms with van der Waals surface area (Å²) in [7, 11) is 0. The zero-order chi connectivity index (χ0) is 22.7. The average molecular weight is 589 g/mol. The molecule has 1 fully saturated rings. The molecule has 2 aromatic carbocycles. The SMILES string of the molecule is CC(C)(C)c1ccc2c(c1)-c1cc(C(C)(C)C)ccc1[CH]2[Zr+2]([C]1=CC=CC1)=[Si]1CCCC1.[Cl-].[Cl-]. The van der Waals surface area contributed by atoms with E-state index in [1.54, 1.807) is 34.3 Å². The van der Waals surface area contributed by atoms with Crippen LogP contribution >= 0.6 is 0 Å². The second-order valence-corrected chi connectivity index (χ2v) is 27.7. The van der Waals surface area contributed by atoms with Gasteiger partial charge < -0.3 is 24.8 Å². The molecule has 0 aromatic heterocycles. The van der Waals surface area contributed by atoms with Crippen molar-refractivity contribution in [3.8, 4) is 11.1 Å². The molecule has 5 rings (SSSR count). The minimum Gasteiger partial charge on any atom is -1.00 e. The van der Waals surface area contributed by atoms with Crippen molar-refractivity contribution < 1.29 is 45.2 Å². The summed E-state index contributed by atoms with van der Waals surface area (Å²) in [6.45, 7) is 14.1. The van der Waals surface area contributed by atoms with Gasteiger partial charge in [-0.05, 0) is 0 Å². The van der Waals surface area contributed by atoms with Crippen LogP contribution < -0.4 is 24.8 Å². The molecule has 0 amide bonds. The van der Waals surface area contributed by atoms with Gasteiger partial charge in [0.05, 0.1) is 0 Å². The van der Waals surface area contributed by atoms with Gasteiger partial charge in [-0.2, -0.15) is 0 Å². The Hall–Kier alpha value is -0.400. The van der Waals surface area contributed by atoms with E-state index in [2.05, 4.69) is 96.2 Å². The van der Waals surface area contributed by atoms with Crippen molar-refractivity contribution in [2.45, 2.75) is 87.3 Å². The first kappa shape index (κ1) is 28.2. The molecule has 0 spiro atoms. The first-order chi connectivity index (χ1) is 15.1. The summed E-state index contributed by atoms with van der Waals surface area (Å²) in [6, 6.07) is 18.3.